The molecule has 0 aliphatic heterocycles. The summed E-state index contributed by atoms with van der Waals surface area (Å²) >= 11 is 0. The van der Waals surface area contributed by atoms with Crippen molar-refractivity contribution in [3.63, 3.8) is 0 Å². The van der Waals surface area contributed by atoms with Crippen LogP contribution in [0.1, 0.15) is 41.0 Å². The predicted octanol–water partition coefficient (Wildman–Crippen LogP) is 4.27. The van der Waals surface area contributed by atoms with Gasteiger partial charge in [-0.2, -0.15) is 0 Å². The lowest BCUT2D eigenvalue weighted by molar-refractivity contribution is 0.0266. The van der Waals surface area contributed by atoms with Crippen LogP contribution in [-0.2, 0) is 4.74 Å². The van der Waals surface area contributed by atoms with Crippen molar-refractivity contribution in [1.29, 1.82) is 0 Å². The van der Waals surface area contributed by atoms with Gasteiger partial charge in [0.2, 0.25) is 0 Å². The Kier molecular flexibility index (Phi) is 11.8. The fourth-order valence-electron chi connectivity index (χ4n) is 2.21. The molecule has 0 saturated heterocycles. The summed E-state index contributed by atoms with van der Waals surface area (Å²) in [6, 6.07) is 7.69. The lowest BCUT2D eigenvalue weighted by atomic mass is 10.0. The molecule has 138 valence electrons. The van der Waals surface area contributed by atoms with Gasteiger partial charge in [-0.15, -0.1) is 24.0 Å². The van der Waals surface area contributed by atoms with E-state index in [4.69, 9.17) is 15.2 Å². The molecule has 0 heterocycles. The smallest absolute Gasteiger partial charge is 0.193 e. The van der Waals surface area contributed by atoms with Gasteiger partial charge in [-0.25, -0.2) is 0 Å². The number of benzene rings is 1. The molecule has 0 radical (unpaired) electrons. The van der Waals surface area contributed by atoms with Crippen molar-refractivity contribution in [2.24, 2.45) is 16.6 Å². The number of guanidine groups is 1. The molecule has 1 atom stereocenters. The van der Waals surface area contributed by atoms with Crippen LogP contribution in [0.3, 0.4) is 0 Å². The fourth-order valence-corrected chi connectivity index (χ4v) is 2.21. The highest BCUT2D eigenvalue weighted by molar-refractivity contribution is 14.0. The van der Waals surface area contributed by atoms with Gasteiger partial charge in [-0.1, -0.05) is 13.8 Å². The minimum Gasteiger partial charge on any atom is -0.491 e. The first-order valence-electron chi connectivity index (χ1n) is 8.37. The van der Waals surface area contributed by atoms with Gasteiger partial charge in [0, 0.05) is 18.8 Å². The van der Waals surface area contributed by atoms with Crippen LogP contribution < -0.4 is 15.8 Å². The number of hydrogen-bond donors (Lipinski definition) is 2. The van der Waals surface area contributed by atoms with E-state index in [0.717, 1.165) is 24.5 Å². The summed E-state index contributed by atoms with van der Waals surface area (Å²) < 4.78 is 11.3. The highest BCUT2D eigenvalue weighted by Gasteiger charge is 2.12. The summed E-state index contributed by atoms with van der Waals surface area (Å²) in [5, 5.41) is 3.09. The van der Waals surface area contributed by atoms with Gasteiger partial charge >= 0.3 is 0 Å². The zero-order valence-electron chi connectivity index (χ0n) is 15.4. The first-order chi connectivity index (χ1) is 10.9. The molecular formula is C18H32IN3O2. The Labute approximate surface area is 163 Å². The lowest BCUT2D eigenvalue weighted by Crippen LogP contribution is -2.25. The predicted molar refractivity (Wildman–Crippen MR) is 113 cm³/mol. The van der Waals surface area contributed by atoms with Crippen LogP contribution >= 0.6 is 24.0 Å². The zero-order valence-corrected chi connectivity index (χ0v) is 17.7. The number of halogens is 1. The van der Waals surface area contributed by atoms with Gasteiger partial charge in [0.05, 0.1) is 12.2 Å². The van der Waals surface area contributed by atoms with Crippen molar-refractivity contribution in [2.75, 3.05) is 18.5 Å². The average Bonchev–Trinajstić information content (AvgIpc) is 2.47. The number of ether oxygens (including phenoxy) is 2. The van der Waals surface area contributed by atoms with Gasteiger partial charge < -0.3 is 20.5 Å². The van der Waals surface area contributed by atoms with Gasteiger partial charge in [-0.05, 0) is 57.4 Å². The quantitative estimate of drug-likeness (QED) is 0.336. The molecule has 0 bridgehead atoms. The van der Waals surface area contributed by atoms with E-state index in [9.17, 15) is 0 Å². The largest absolute Gasteiger partial charge is 0.491 e. The maximum atomic E-state index is 5.93. The minimum absolute atomic E-state index is 0. The third-order valence-corrected chi connectivity index (χ3v) is 3.32. The van der Waals surface area contributed by atoms with E-state index in [1.54, 1.807) is 0 Å². The van der Waals surface area contributed by atoms with Crippen LogP contribution in [0.25, 0.3) is 0 Å². The van der Waals surface area contributed by atoms with Crippen molar-refractivity contribution in [1.82, 2.24) is 0 Å². The second-order valence-corrected chi connectivity index (χ2v) is 6.11. The maximum Gasteiger partial charge on any atom is 0.193 e. The van der Waals surface area contributed by atoms with Crippen LogP contribution in [0.5, 0.6) is 5.75 Å². The third-order valence-electron chi connectivity index (χ3n) is 3.32. The summed E-state index contributed by atoms with van der Waals surface area (Å²) in [4.78, 5) is 4.37. The van der Waals surface area contributed by atoms with E-state index in [0.29, 0.717) is 18.4 Å². The molecular weight excluding hydrogens is 417 g/mol. The van der Waals surface area contributed by atoms with E-state index in [-0.39, 0.29) is 36.2 Å². The molecule has 1 aromatic rings. The van der Waals surface area contributed by atoms with E-state index < -0.39 is 0 Å². The summed E-state index contributed by atoms with van der Waals surface area (Å²) in [5.74, 6) is 1.74. The number of aliphatic imine (C=N–C) groups is 1. The van der Waals surface area contributed by atoms with Crippen LogP contribution in [0.15, 0.2) is 29.3 Å². The highest BCUT2D eigenvalue weighted by atomic mass is 127. The standard InChI is InChI=1S/C18H31N3O2.HI/c1-6-22-17(13(2)3)11-12-20-18(19)21-15-7-9-16(10-8-15)23-14(4)5;/h7-10,13-14,17H,6,11-12H2,1-5H3,(H3,19,20,21);1H. The molecule has 6 heteroatoms. The number of anilines is 1. The molecule has 0 saturated carbocycles. The molecule has 1 aromatic carbocycles. The Bertz CT molecular complexity index is 476. The van der Waals surface area contributed by atoms with E-state index in [2.05, 4.69) is 24.2 Å². The number of nitrogens with zero attached hydrogens (tertiary/aromatic N) is 1. The molecule has 24 heavy (non-hydrogen) atoms. The molecule has 1 rings (SSSR count). The van der Waals surface area contributed by atoms with Gasteiger partial charge in [0.1, 0.15) is 5.75 Å². The molecule has 0 aliphatic rings. The second-order valence-electron chi connectivity index (χ2n) is 6.11. The Hall–Kier alpha value is -1.02. The fraction of sp³-hybridized carbons (Fsp3) is 0.611. The van der Waals surface area contributed by atoms with E-state index >= 15 is 0 Å². The molecule has 3 N–H and O–H groups in total. The lowest BCUT2D eigenvalue weighted by Gasteiger charge is -2.19. The molecule has 0 aromatic heterocycles. The van der Waals surface area contributed by atoms with Crippen molar-refractivity contribution in [2.45, 2.75) is 53.2 Å². The van der Waals surface area contributed by atoms with Crippen molar-refractivity contribution in [3.8, 4) is 5.75 Å². The second kappa shape index (κ2) is 12.4. The maximum absolute atomic E-state index is 5.93. The van der Waals surface area contributed by atoms with Crippen molar-refractivity contribution < 1.29 is 9.47 Å². The van der Waals surface area contributed by atoms with E-state index in [1.807, 2.05) is 45.0 Å². The SMILES string of the molecule is CCOC(CCN=C(N)Nc1ccc(OC(C)C)cc1)C(C)C.I. The Morgan fingerprint density at radius 2 is 1.79 bits per heavy atom. The number of rotatable bonds is 9. The average molecular weight is 449 g/mol. The normalized spacial score (nSPS) is 12.9. The topological polar surface area (TPSA) is 68.9 Å². The number of nitrogens with two attached hydrogens (primary N) is 1. The van der Waals surface area contributed by atoms with Crippen LogP contribution in [-0.4, -0.2) is 31.3 Å². The van der Waals surface area contributed by atoms with Gasteiger partial charge in [0.15, 0.2) is 5.96 Å². The van der Waals surface area contributed by atoms with E-state index in [1.165, 1.54) is 0 Å². The zero-order chi connectivity index (χ0) is 17.2. The Morgan fingerprint density at radius 1 is 1.17 bits per heavy atom. The third kappa shape index (κ3) is 9.32. The van der Waals surface area contributed by atoms with Crippen LogP contribution in [0.2, 0.25) is 0 Å². The first kappa shape index (κ1) is 23.0. The van der Waals surface area contributed by atoms with Gasteiger partial charge in [-0.3, -0.25) is 4.99 Å². The highest BCUT2D eigenvalue weighted by Crippen LogP contribution is 2.16. The van der Waals surface area contributed by atoms with Crippen LogP contribution in [0, 0.1) is 5.92 Å². The summed E-state index contributed by atoms with van der Waals surface area (Å²) in [6.45, 7) is 11.7. The Balaban J connectivity index is 0.00000529. The molecule has 0 spiro atoms. The molecule has 0 amide bonds. The van der Waals surface area contributed by atoms with Crippen LogP contribution in [0.4, 0.5) is 5.69 Å². The molecule has 5 nitrogen and oxygen atoms in total. The molecule has 1 unspecified atom stereocenters. The number of hydrogen-bond acceptors (Lipinski definition) is 3. The summed E-state index contributed by atoms with van der Waals surface area (Å²) in [6.07, 6.45) is 1.26. The molecule has 0 aliphatic carbocycles. The Morgan fingerprint density at radius 3 is 2.29 bits per heavy atom. The monoisotopic (exact) mass is 449 g/mol. The first-order valence-corrected chi connectivity index (χ1v) is 8.37. The minimum atomic E-state index is 0. The summed E-state index contributed by atoms with van der Waals surface area (Å²) in [7, 11) is 0. The molecule has 0 fully saturated rings. The van der Waals surface area contributed by atoms with Crippen molar-refractivity contribution in [3.05, 3.63) is 24.3 Å². The van der Waals surface area contributed by atoms with Crippen molar-refractivity contribution >= 4 is 35.6 Å². The number of nitrogens with one attached hydrogen (secondary N) is 1. The summed E-state index contributed by atoms with van der Waals surface area (Å²) in [5.41, 5.74) is 6.82. The van der Waals surface area contributed by atoms with Gasteiger partial charge in [0.25, 0.3) is 0 Å².